The van der Waals surface area contributed by atoms with Crippen LogP contribution in [-0.4, -0.2) is 29.9 Å². The van der Waals surface area contributed by atoms with Crippen molar-refractivity contribution < 1.29 is 4.79 Å². The van der Waals surface area contributed by atoms with Gasteiger partial charge in [-0.2, -0.15) is 0 Å². The minimum absolute atomic E-state index is 0.0836. The number of carbonyl (C=O) groups is 1. The second-order valence-corrected chi connectivity index (χ2v) is 6.44. The molecule has 1 aromatic rings. The molecule has 0 spiro atoms. The molecule has 1 heterocycles. The molecule has 19 heavy (non-hydrogen) atoms. The van der Waals surface area contributed by atoms with Crippen molar-refractivity contribution >= 4 is 5.91 Å². The van der Waals surface area contributed by atoms with Crippen molar-refractivity contribution in [3.8, 4) is 0 Å². The van der Waals surface area contributed by atoms with E-state index in [4.69, 9.17) is 5.73 Å². The van der Waals surface area contributed by atoms with Gasteiger partial charge in [0.1, 0.15) is 0 Å². The second kappa shape index (κ2) is 5.33. The number of amides is 1. The van der Waals surface area contributed by atoms with Crippen molar-refractivity contribution in [3.63, 3.8) is 0 Å². The van der Waals surface area contributed by atoms with Gasteiger partial charge in [0, 0.05) is 13.1 Å². The molecular weight excluding hydrogens is 236 g/mol. The van der Waals surface area contributed by atoms with E-state index in [-0.39, 0.29) is 11.3 Å². The number of hydrogen-bond donors (Lipinski definition) is 1. The van der Waals surface area contributed by atoms with Gasteiger partial charge in [0.15, 0.2) is 0 Å². The van der Waals surface area contributed by atoms with E-state index in [2.05, 4.69) is 24.3 Å². The minimum Gasteiger partial charge on any atom is -0.341 e. The first-order valence-electron chi connectivity index (χ1n) is 7.01. The van der Waals surface area contributed by atoms with Gasteiger partial charge < -0.3 is 10.6 Å². The Morgan fingerprint density at radius 3 is 2.05 bits per heavy atom. The molecule has 0 aliphatic carbocycles. The Kier molecular flexibility index (Phi) is 3.95. The zero-order valence-corrected chi connectivity index (χ0v) is 12.1. The monoisotopic (exact) mass is 260 g/mol. The van der Waals surface area contributed by atoms with E-state index in [1.165, 1.54) is 11.1 Å². The van der Waals surface area contributed by atoms with E-state index in [1.54, 1.807) is 0 Å². The van der Waals surface area contributed by atoms with Crippen LogP contribution in [0.4, 0.5) is 0 Å². The summed E-state index contributed by atoms with van der Waals surface area (Å²) in [6.07, 6.45) is 1.86. The SMILES string of the molecule is CC(C)(C)[C@H](N)C(=O)N1CCc2ccccc2CC1. The molecule has 0 aromatic heterocycles. The Labute approximate surface area is 115 Å². The van der Waals surface area contributed by atoms with Crippen LogP contribution in [0, 0.1) is 5.41 Å². The van der Waals surface area contributed by atoms with Crippen molar-refractivity contribution in [2.75, 3.05) is 13.1 Å². The van der Waals surface area contributed by atoms with E-state index >= 15 is 0 Å². The molecule has 3 nitrogen and oxygen atoms in total. The van der Waals surface area contributed by atoms with Crippen molar-refractivity contribution in [2.45, 2.75) is 39.7 Å². The molecule has 0 saturated heterocycles. The van der Waals surface area contributed by atoms with Gasteiger partial charge in [-0.3, -0.25) is 4.79 Å². The van der Waals surface area contributed by atoms with E-state index in [0.717, 1.165) is 25.9 Å². The van der Waals surface area contributed by atoms with Crippen LogP contribution in [0.2, 0.25) is 0 Å². The summed E-state index contributed by atoms with van der Waals surface area (Å²) in [6.45, 7) is 7.60. The van der Waals surface area contributed by atoms with Crippen LogP contribution in [0.15, 0.2) is 24.3 Å². The number of nitrogens with two attached hydrogens (primary N) is 1. The molecule has 1 aliphatic rings. The highest BCUT2D eigenvalue weighted by molar-refractivity contribution is 5.82. The first kappa shape index (κ1) is 14.1. The fraction of sp³-hybridized carbons (Fsp3) is 0.562. The van der Waals surface area contributed by atoms with Gasteiger partial charge in [0.25, 0.3) is 0 Å². The molecule has 1 aromatic carbocycles. The Balaban J connectivity index is 2.08. The lowest BCUT2D eigenvalue weighted by molar-refractivity contribution is -0.134. The molecular formula is C16H24N2O. The molecule has 2 N–H and O–H groups in total. The van der Waals surface area contributed by atoms with Crippen molar-refractivity contribution in [1.82, 2.24) is 4.90 Å². The van der Waals surface area contributed by atoms with Gasteiger partial charge in [0.2, 0.25) is 5.91 Å². The summed E-state index contributed by atoms with van der Waals surface area (Å²) in [4.78, 5) is 14.4. The van der Waals surface area contributed by atoms with Crippen LogP contribution in [0.1, 0.15) is 31.9 Å². The topological polar surface area (TPSA) is 46.3 Å². The molecule has 3 heteroatoms. The summed E-state index contributed by atoms with van der Waals surface area (Å²) < 4.78 is 0. The highest BCUT2D eigenvalue weighted by Gasteiger charge is 2.31. The minimum atomic E-state index is -0.422. The number of rotatable bonds is 1. The highest BCUT2D eigenvalue weighted by atomic mass is 16.2. The van der Waals surface area contributed by atoms with E-state index in [9.17, 15) is 4.79 Å². The van der Waals surface area contributed by atoms with Gasteiger partial charge >= 0.3 is 0 Å². The maximum atomic E-state index is 12.4. The molecule has 0 fully saturated rings. The Bertz CT molecular complexity index is 435. The molecule has 0 bridgehead atoms. The third kappa shape index (κ3) is 3.16. The lowest BCUT2D eigenvalue weighted by atomic mass is 9.86. The van der Waals surface area contributed by atoms with E-state index < -0.39 is 6.04 Å². The Hall–Kier alpha value is -1.35. The number of benzene rings is 1. The first-order valence-corrected chi connectivity index (χ1v) is 7.01. The maximum Gasteiger partial charge on any atom is 0.240 e. The number of carbonyl (C=O) groups excluding carboxylic acids is 1. The third-order valence-electron chi connectivity index (χ3n) is 3.93. The van der Waals surface area contributed by atoms with Gasteiger partial charge in [-0.1, -0.05) is 45.0 Å². The van der Waals surface area contributed by atoms with Crippen molar-refractivity contribution in [2.24, 2.45) is 11.1 Å². The van der Waals surface area contributed by atoms with Gasteiger partial charge in [0.05, 0.1) is 6.04 Å². The maximum absolute atomic E-state index is 12.4. The zero-order chi connectivity index (χ0) is 14.0. The normalized spacial score (nSPS) is 17.6. The molecule has 1 aliphatic heterocycles. The largest absolute Gasteiger partial charge is 0.341 e. The van der Waals surface area contributed by atoms with Crippen LogP contribution in [-0.2, 0) is 17.6 Å². The molecule has 0 saturated carbocycles. The quantitative estimate of drug-likeness (QED) is 0.839. The Morgan fingerprint density at radius 2 is 1.63 bits per heavy atom. The van der Waals surface area contributed by atoms with Gasteiger partial charge in [-0.25, -0.2) is 0 Å². The van der Waals surface area contributed by atoms with Crippen LogP contribution in [0.3, 0.4) is 0 Å². The lowest BCUT2D eigenvalue weighted by Gasteiger charge is -2.31. The number of nitrogens with zero attached hydrogens (tertiary/aromatic N) is 1. The smallest absolute Gasteiger partial charge is 0.240 e. The summed E-state index contributed by atoms with van der Waals surface area (Å²) in [5, 5.41) is 0. The van der Waals surface area contributed by atoms with Crippen LogP contribution in [0.5, 0.6) is 0 Å². The molecule has 1 amide bonds. The molecule has 1 atom stereocenters. The first-order chi connectivity index (χ1) is 8.89. The van der Waals surface area contributed by atoms with Gasteiger partial charge in [-0.15, -0.1) is 0 Å². The predicted octanol–water partition coefficient (Wildman–Crippen LogP) is 1.99. The fourth-order valence-electron chi connectivity index (χ4n) is 2.46. The summed E-state index contributed by atoms with van der Waals surface area (Å²) in [5.41, 5.74) is 8.63. The molecule has 0 radical (unpaired) electrons. The third-order valence-corrected chi connectivity index (χ3v) is 3.93. The number of hydrogen-bond acceptors (Lipinski definition) is 2. The van der Waals surface area contributed by atoms with E-state index in [0.29, 0.717) is 0 Å². The average molecular weight is 260 g/mol. The average Bonchev–Trinajstić information content (AvgIpc) is 2.58. The molecule has 104 valence electrons. The highest BCUT2D eigenvalue weighted by Crippen LogP contribution is 2.21. The van der Waals surface area contributed by atoms with Crippen LogP contribution in [0.25, 0.3) is 0 Å². The fourth-order valence-corrected chi connectivity index (χ4v) is 2.46. The second-order valence-electron chi connectivity index (χ2n) is 6.44. The molecule has 2 rings (SSSR count). The van der Waals surface area contributed by atoms with E-state index in [1.807, 2.05) is 25.7 Å². The summed E-state index contributed by atoms with van der Waals surface area (Å²) in [6, 6.07) is 8.03. The summed E-state index contributed by atoms with van der Waals surface area (Å²) in [7, 11) is 0. The number of fused-ring (bicyclic) bond motifs is 1. The zero-order valence-electron chi connectivity index (χ0n) is 12.1. The summed E-state index contributed by atoms with van der Waals surface area (Å²) >= 11 is 0. The Morgan fingerprint density at radius 1 is 1.16 bits per heavy atom. The van der Waals surface area contributed by atoms with Crippen LogP contribution >= 0.6 is 0 Å². The standard InChI is InChI=1S/C16H24N2O/c1-16(2,3)14(17)15(19)18-10-8-12-6-4-5-7-13(12)9-11-18/h4-7,14H,8-11,17H2,1-3H3/t14-/m1/s1. The lowest BCUT2D eigenvalue weighted by Crippen LogP contribution is -2.51. The van der Waals surface area contributed by atoms with Crippen molar-refractivity contribution in [1.29, 1.82) is 0 Å². The summed E-state index contributed by atoms with van der Waals surface area (Å²) in [5.74, 6) is 0.0836. The predicted molar refractivity (Wildman–Crippen MR) is 77.9 cm³/mol. The van der Waals surface area contributed by atoms with Crippen LogP contribution < -0.4 is 5.73 Å². The van der Waals surface area contributed by atoms with Gasteiger partial charge in [-0.05, 0) is 29.4 Å². The van der Waals surface area contributed by atoms with Crippen molar-refractivity contribution in [3.05, 3.63) is 35.4 Å². The molecule has 0 unspecified atom stereocenters.